The largest absolute Gasteiger partial charge is 0.329 e. The molecule has 0 heterocycles. The minimum atomic E-state index is 0.179. The molecule has 0 spiro atoms. The van der Waals surface area contributed by atoms with Gasteiger partial charge in [0.05, 0.1) is 0 Å². The Morgan fingerprint density at radius 2 is 2.05 bits per heavy atom. The molecule has 0 radical (unpaired) electrons. The van der Waals surface area contributed by atoms with Gasteiger partial charge in [0.1, 0.15) is 0 Å². The third kappa shape index (κ3) is 3.55. The fourth-order valence-electron chi connectivity index (χ4n) is 3.53. The number of rotatable bonds is 5. The summed E-state index contributed by atoms with van der Waals surface area (Å²) in [5.74, 6) is 0.833. The van der Waals surface area contributed by atoms with Crippen LogP contribution in [-0.2, 0) is 6.54 Å². The van der Waals surface area contributed by atoms with Gasteiger partial charge < -0.3 is 5.73 Å². The van der Waals surface area contributed by atoms with Gasteiger partial charge in [0, 0.05) is 23.7 Å². The Bertz CT molecular complexity index is 418. The molecule has 1 saturated carbocycles. The van der Waals surface area contributed by atoms with Crippen LogP contribution in [0.4, 0.5) is 0 Å². The second kappa shape index (κ2) is 6.93. The molecule has 2 rings (SSSR count). The van der Waals surface area contributed by atoms with Gasteiger partial charge in [-0.15, -0.1) is 0 Å². The van der Waals surface area contributed by atoms with Crippen molar-refractivity contribution in [2.45, 2.75) is 51.1 Å². The topological polar surface area (TPSA) is 29.3 Å². The fraction of sp³-hybridized carbons (Fsp3) is 0.647. The van der Waals surface area contributed by atoms with E-state index in [1.807, 2.05) is 12.1 Å². The molecule has 20 heavy (non-hydrogen) atoms. The second-order valence-corrected chi connectivity index (χ2v) is 6.72. The van der Waals surface area contributed by atoms with Gasteiger partial charge in [-0.3, -0.25) is 4.90 Å². The van der Waals surface area contributed by atoms with Gasteiger partial charge in [-0.25, -0.2) is 0 Å². The molecule has 2 N–H and O–H groups in total. The molecule has 0 amide bonds. The first-order chi connectivity index (χ1) is 9.59. The molecule has 0 saturated heterocycles. The van der Waals surface area contributed by atoms with E-state index in [9.17, 15) is 0 Å². The average molecular weight is 295 g/mol. The van der Waals surface area contributed by atoms with E-state index in [2.05, 4.69) is 31.0 Å². The zero-order chi connectivity index (χ0) is 14.6. The van der Waals surface area contributed by atoms with E-state index in [1.54, 1.807) is 0 Å². The summed E-state index contributed by atoms with van der Waals surface area (Å²) in [5, 5.41) is 0.800. The van der Waals surface area contributed by atoms with E-state index in [0.29, 0.717) is 0 Å². The van der Waals surface area contributed by atoms with Gasteiger partial charge in [-0.2, -0.15) is 0 Å². The van der Waals surface area contributed by atoms with Gasteiger partial charge in [-0.1, -0.05) is 49.9 Å². The Morgan fingerprint density at radius 3 is 2.65 bits per heavy atom. The predicted molar refractivity (Wildman–Crippen MR) is 87.0 cm³/mol. The summed E-state index contributed by atoms with van der Waals surface area (Å²) in [6.45, 7) is 4.01. The van der Waals surface area contributed by atoms with Gasteiger partial charge in [0.2, 0.25) is 0 Å². The molecule has 112 valence electrons. The Morgan fingerprint density at radius 1 is 1.35 bits per heavy atom. The maximum absolute atomic E-state index is 6.17. The zero-order valence-corrected chi connectivity index (χ0v) is 13.5. The first kappa shape index (κ1) is 15.8. The first-order valence-electron chi connectivity index (χ1n) is 7.75. The number of hydrogen-bond acceptors (Lipinski definition) is 2. The molecular weight excluding hydrogens is 268 g/mol. The van der Waals surface area contributed by atoms with Crippen LogP contribution in [-0.4, -0.2) is 24.0 Å². The lowest BCUT2D eigenvalue weighted by Gasteiger charge is -2.46. The van der Waals surface area contributed by atoms with E-state index in [4.69, 9.17) is 17.3 Å². The monoisotopic (exact) mass is 294 g/mol. The van der Waals surface area contributed by atoms with Crippen molar-refractivity contribution in [3.8, 4) is 0 Å². The lowest BCUT2D eigenvalue weighted by Crippen LogP contribution is -2.54. The lowest BCUT2D eigenvalue weighted by atomic mass is 9.73. The van der Waals surface area contributed by atoms with Crippen molar-refractivity contribution in [2.24, 2.45) is 11.7 Å². The van der Waals surface area contributed by atoms with Crippen LogP contribution in [0.3, 0.4) is 0 Å². The SMILES string of the molecule is CCC1CCCC(CN)(N(C)Cc2ccc(Cl)cc2)C1. The number of nitrogens with zero attached hydrogens (tertiary/aromatic N) is 1. The van der Waals surface area contributed by atoms with Crippen LogP contribution < -0.4 is 5.73 Å². The minimum absolute atomic E-state index is 0.179. The molecule has 0 aliphatic heterocycles. The average Bonchev–Trinajstić information content (AvgIpc) is 2.49. The van der Waals surface area contributed by atoms with Crippen molar-refractivity contribution >= 4 is 11.6 Å². The molecule has 2 atom stereocenters. The van der Waals surface area contributed by atoms with Gasteiger partial charge in [0.15, 0.2) is 0 Å². The van der Waals surface area contributed by atoms with E-state index in [-0.39, 0.29) is 5.54 Å². The van der Waals surface area contributed by atoms with Crippen LogP contribution in [0.2, 0.25) is 5.02 Å². The number of hydrogen-bond donors (Lipinski definition) is 1. The van der Waals surface area contributed by atoms with E-state index in [1.165, 1.54) is 37.7 Å². The Hall–Kier alpha value is -0.570. The fourth-order valence-corrected chi connectivity index (χ4v) is 3.66. The molecule has 0 aromatic heterocycles. The normalized spacial score (nSPS) is 26.9. The minimum Gasteiger partial charge on any atom is -0.329 e. The van der Waals surface area contributed by atoms with Gasteiger partial charge >= 0.3 is 0 Å². The summed E-state index contributed by atoms with van der Waals surface area (Å²) >= 11 is 5.96. The van der Waals surface area contributed by atoms with Crippen LogP contribution in [0.25, 0.3) is 0 Å². The summed E-state index contributed by atoms with van der Waals surface area (Å²) in [4.78, 5) is 2.47. The van der Waals surface area contributed by atoms with E-state index >= 15 is 0 Å². The molecule has 0 bridgehead atoms. The van der Waals surface area contributed by atoms with Crippen molar-refractivity contribution in [3.63, 3.8) is 0 Å². The van der Waals surface area contributed by atoms with Crippen LogP contribution in [0, 0.1) is 5.92 Å². The second-order valence-electron chi connectivity index (χ2n) is 6.28. The molecule has 1 fully saturated rings. The molecule has 1 aliphatic rings. The number of likely N-dealkylation sites (N-methyl/N-ethyl adjacent to an activating group) is 1. The quantitative estimate of drug-likeness (QED) is 0.887. The molecule has 1 aliphatic carbocycles. The summed E-state index contributed by atoms with van der Waals surface area (Å²) in [5.41, 5.74) is 7.66. The predicted octanol–water partition coefficient (Wildman–Crippen LogP) is 4.07. The molecule has 2 nitrogen and oxygen atoms in total. The van der Waals surface area contributed by atoms with Crippen molar-refractivity contribution in [3.05, 3.63) is 34.9 Å². The van der Waals surface area contributed by atoms with Crippen LogP contribution in [0.15, 0.2) is 24.3 Å². The van der Waals surface area contributed by atoms with Crippen LogP contribution in [0.1, 0.15) is 44.6 Å². The van der Waals surface area contributed by atoms with Gasteiger partial charge in [-0.05, 0) is 43.5 Å². The molecule has 1 aromatic carbocycles. The van der Waals surface area contributed by atoms with Gasteiger partial charge in [0.25, 0.3) is 0 Å². The van der Waals surface area contributed by atoms with E-state index in [0.717, 1.165) is 24.0 Å². The summed E-state index contributed by atoms with van der Waals surface area (Å²) in [6, 6.07) is 8.16. The number of halogens is 1. The Kier molecular flexibility index (Phi) is 5.48. The number of benzene rings is 1. The molecule has 1 aromatic rings. The van der Waals surface area contributed by atoms with E-state index < -0.39 is 0 Å². The van der Waals surface area contributed by atoms with Crippen LogP contribution in [0.5, 0.6) is 0 Å². The first-order valence-corrected chi connectivity index (χ1v) is 8.13. The maximum Gasteiger partial charge on any atom is 0.0406 e. The Balaban J connectivity index is 2.08. The zero-order valence-electron chi connectivity index (χ0n) is 12.7. The third-order valence-corrected chi connectivity index (χ3v) is 5.28. The summed E-state index contributed by atoms with van der Waals surface area (Å²) < 4.78 is 0. The van der Waals surface area contributed by atoms with Crippen LogP contribution >= 0.6 is 11.6 Å². The van der Waals surface area contributed by atoms with Crippen molar-refractivity contribution < 1.29 is 0 Å². The third-order valence-electron chi connectivity index (χ3n) is 5.02. The van der Waals surface area contributed by atoms with Crippen molar-refractivity contribution in [1.29, 1.82) is 0 Å². The highest BCUT2D eigenvalue weighted by Gasteiger charge is 2.37. The molecule has 2 unspecified atom stereocenters. The highest BCUT2D eigenvalue weighted by atomic mass is 35.5. The highest BCUT2D eigenvalue weighted by molar-refractivity contribution is 6.30. The number of nitrogens with two attached hydrogens (primary N) is 1. The van der Waals surface area contributed by atoms with Crippen molar-refractivity contribution in [2.75, 3.05) is 13.6 Å². The molecular formula is C17H27ClN2. The smallest absolute Gasteiger partial charge is 0.0406 e. The lowest BCUT2D eigenvalue weighted by molar-refractivity contribution is 0.0504. The highest BCUT2D eigenvalue weighted by Crippen LogP contribution is 2.37. The van der Waals surface area contributed by atoms with Crippen molar-refractivity contribution in [1.82, 2.24) is 4.90 Å². The standard InChI is InChI=1S/C17H27ClN2/c1-3-14-5-4-10-17(11-14,13-19)20(2)12-15-6-8-16(18)9-7-15/h6-9,14H,3-5,10-13,19H2,1-2H3. The summed E-state index contributed by atoms with van der Waals surface area (Å²) in [7, 11) is 2.22. The Labute approximate surface area is 128 Å². The molecule has 3 heteroatoms. The maximum atomic E-state index is 6.17. The summed E-state index contributed by atoms with van der Waals surface area (Å²) in [6.07, 6.45) is 6.42.